The standard InChI is InChI=1S/C12H17NO2/c1-4-9-7-10(5-2)11(13-8-9)12(14)15-6-3/h7-8H,4-6H2,1-3H3. The van der Waals surface area contributed by atoms with E-state index in [0.29, 0.717) is 12.3 Å². The number of hydrogen-bond acceptors (Lipinski definition) is 3. The van der Waals surface area contributed by atoms with Crippen LogP contribution in [-0.2, 0) is 17.6 Å². The summed E-state index contributed by atoms with van der Waals surface area (Å²) in [4.78, 5) is 15.7. The van der Waals surface area contributed by atoms with Crippen LogP contribution >= 0.6 is 0 Å². The predicted molar refractivity (Wildman–Crippen MR) is 58.9 cm³/mol. The largest absolute Gasteiger partial charge is 0.461 e. The van der Waals surface area contributed by atoms with Crippen LogP contribution in [0, 0.1) is 0 Å². The summed E-state index contributed by atoms with van der Waals surface area (Å²) in [5.74, 6) is -0.322. The molecule has 0 aliphatic rings. The number of carbonyl (C=O) groups excluding carboxylic acids is 1. The Labute approximate surface area is 90.5 Å². The maximum absolute atomic E-state index is 11.5. The highest BCUT2D eigenvalue weighted by Gasteiger charge is 2.13. The van der Waals surface area contributed by atoms with E-state index in [1.165, 1.54) is 0 Å². The Morgan fingerprint density at radius 3 is 2.60 bits per heavy atom. The maximum Gasteiger partial charge on any atom is 0.357 e. The van der Waals surface area contributed by atoms with E-state index in [-0.39, 0.29) is 5.97 Å². The fourth-order valence-corrected chi connectivity index (χ4v) is 1.41. The van der Waals surface area contributed by atoms with E-state index in [1.807, 2.05) is 13.0 Å². The van der Waals surface area contributed by atoms with Gasteiger partial charge in [-0.3, -0.25) is 0 Å². The van der Waals surface area contributed by atoms with Gasteiger partial charge in [-0.2, -0.15) is 0 Å². The van der Waals surface area contributed by atoms with Gasteiger partial charge in [0, 0.05) is 6.20 Å². The first kappa shape index (κ1) is 11.7. The Bertz CT molecular complexity index is 347. The molecule has 0 fully saturated rings. The Hall–Kier alpha value is -1.38. The fourth-order valence-electron chi connectivity index (χ4n) is 1.41. The molecule has 3 nitrogen and oxygen atoms in total. The van der Waals surface area contributed by atoms with E-state index in [9.17, 15) is 4.79 Å². The number of nitrogens with zero attached hydrogens (tertiary/aromatic N) is 1. The molecule has 1 aromatic heterocycles. The minimum absolute atomic E-state index is 0.322. The Kier molecular flexibility index (Phi) is 4.28. The molecule has 0 saturated heterocycles. The predicted octanol–water partition coefficient (Wildman–Crippen LogP) is 2.38. The van der Waals surface area contributed by atoms with Crippen LogP contribution in [0.1, 0.15) is 42.4 Å². The molecule has 3 heteroatoms. The Balaban J connectivity index is 3.02. The topological polar surface area (TPSA) is 39.2 Å². The summed E-state index contributed by atoms with van der Waals surface area (Å²) in [6.07, 6.45) is 3.48. The van der Waals surface area contributed by atoms with Crippen molar-refractivity contribution in [3.8, 4) is 0 Å². The van der Waals surface area contributed by atoms with Crippen molar-refractivity contribution in [1.82, 2.24) is 4.98 Å². The third-order valence-electron chi connectivity index (χ3n) is 2.28. The van der Waals surface area contributed by atoms with Crippen molar-refractivity contribution < 1.29 is 9.53 Å². The highest BCUT2D eigenvalue weighted by molar-refractivity contribution is 5.88. The summed E-state index contributed by atoms with van der Waals surface area (Å²) >= 11 is 0. The third kappa shape index (κ3) is 2.78. The first-order valence-electron chi connectivity index (χ1n) is 5.37. The van der Waals surface area contributed by atoms with E-state index in [1.54, 1.807) is 13.1 Å². The molecule has 0 amide bonds. The molecule has 0 unspecified atom stereocenters. The minimum Gasteiger partial charge on any atom is -0.461 e. The van der Waals surface area contributed by atoms with E-state index in [2.05, 4.69) is 11.9 Å². The van der Waals surface area contributed by atoms with Gasteiger partial charge in [-0.25, -0.2) is 9.78 Å². The first-order valence-corrected chi connectivity index (χ1v) is 5.37. The van der Waals surface area contributed by atoms with Crippen LogP contribution in [0.2, 0.25) is 0 Å². The van der Waals surface area contributed by atoms with E-state index in [4.69, 9.17) is 4.74 Å². The van der Waals surface area contributed by atoms with Crippen LogP contribution in [0.25, 0.3) is 0 Å². The van der Waals surface area contributed by atoms with Gasteiger partial charge >= 0.3 is 5.97 Å². The molecule has 0 saturated carbocycles. The normalized spacial score (nSPS) is 10.1. The monoisotopic (exact) mass is 207 g/mol. The summed E-state index contributed by atoms with van der Waals surface area (Å²) < 4.78 is 4.94. The first-order chi connectivity index (χ1) is 7.22. The summed E-state index contributed by atoms with van der Waals surface area (Å²) in [5, 5.41) is 0. The lowest BCUT2D eigenvalue weighted by Gasteiger charge is -2.07. The van der Waals surface area contributed by atoms with Crippen LogP contribution in [0.3, 0.4) is 0 Å². The second kappa shape index (κ2) is 5.49. The van der Waals surface area contributed by atoms with Gasteiger partial charge in [0.05, 0.1) is 6.61 Å². The highest BCUT2D eigenvalue weighted by Crippen LogP contribution is 2.11. The lowest BCUT2D eigenvalue weighted by Crippen LogP contribution is -2.10. The van der Waals surface area contributed by atoms with Gasteiger partial charge in [-0.15, -0.1) is 0 Å². The quantitative estimate of drug-likeness (QED) is 0.711. The number of esters is 1. The zero-order valence-corrected chi connectivity index (χ0v) is 9.54. The summed E-state index contributed by atoms with van der Waals surface area (Å²) in [6, 6.07) is 2.03. The van der Waals surface area contributed by atoms with Gasteiger partial charge in [-0.05, 0) is 30.9 Å². The van der Waals surface area contributed by atoms with Crippen molar-refractivity contribution >= 4 is 5.97 Å². The molecule has 0 radical (unpaired) electrons. The molecular formula is C12H17NO2. The fraction of sp³-hybridized carbons (Fsp3) is 0.500. The third-order valence-corrected chi connectivity index (χ3v) is 2.28. The van der Waals surface area contributed by atoms with Crippen molar-refractivity contribution in [2.45, 2.75) is 33.6 Å². The zero-order chi connectivity index (χ0) is 11.3. The SMILES string of the molecule is CCOC(=O)c1ncc(CC)cc1CC. The average Bonchev–Trinajstić information content (AvgIpc) is 2.28. The Morgan fingerprint density at radius 1 is 1.33 bits per heavy atom. The number of aromatic nitrogens is 1. The van der Waals surface area contributed by atoms with Crippen molar-refractivity contribution in [2.24, 2.45) is 0 Å². The molecule has 15 heavy (non-hydrogen) atoms. The van der Waals surface area contributed by atoms with Crippen LogP contribution in [0.15, 0.2) is 12.3 Å². The molecule has 0 atom stereocenters. The van der Waals surface area contributed by atoms with Crippen molar-refractivity contribution in [3.05, 3.63) is 29.1 Å². The summed E-state index contributed by atoms with van der Waals surface area (Å²) in [6.45, 7) is 6.27. The molecule has 82 valence electrons. The maximum atomic E-state index is 11.5. The molecule has 0 bridgehead atoms. The van der Waals surface area contributed by atoms with Gasteiger partial charge in [0.2, 0.25) is 0 Å². The molecule has 1 rings (SSSR count). The molecule has 0 N–H and O–H groups in total. The van der Waals surface area contributed by atoms with Gasteiger partial charge < -0.3 is 4.74 Å². The molecule has 1 aromatic rings. The van der Waals surface area contributed by atoms with E-state index >= 15 is 0 Å². The van der Waals surface area contributed by atoms with Crippen LogP contribution in [-0.4, -0.2) is 17.6 Å². The average molecular weight is 207 g/mol. The molecule has 0 aliphatic carbocycles. The number of pyridine rings is 1. The number of carbonyl (C=O) groups is 1. The summed E-state index contributed by atoms with van der Waals surface area (Å²) in [7, 11) is 0. The van der Waals surface area contributed by atoms with Crippen LogP contribution < -0.4 is 0 Å². The van der Waals surface area contributed by atoms with Crippen LogP contribution in [0.5, 0.6) is 0 Å². The highest BCUT2D eigenvalue weighted by atomic mass is 16.5. The molecule has 0 aromatic carbocycles. The number of ether oxygens (including phenoxy) is 1. The lowest BCUT2D eigenvalue weighted by molar-refractivity contribution is 0.0518. The number of hydrogen-bond donors (Lipinski definition) is 0. The van der Waals surface area contributed by atoms with E-state index < -0.39 is 0 Å². The molecule has 1 heterocycles. The Morgan fingerprint density at radius 2 is 2.07 bits per heavy atom. The number of aryl methyl sites for hydroxylation is 2. The minimum atomic E-state index is -0.322. The zero-order valence-electron chi connectivity index (χ0n) is 9.54. The van der Waals surface area contributed by atoms with Crippen molar-refractivity contribution in [2.75, 3.05) is 6.61 Å². The van der Waals surface area contributed by atoms with Gasteiger partial charge in [0.25, 0.3) is 0 Å². The smallest absolute Gasteiger partial charge is 0.357 e. The van der Waals surface area contributed by atoms with Crippen molar-refractivity contribution in [3.63, 3.8) is 0 Å². The number of rotatable bonds is 4. The second-order valence-electron chi connectivity index (χ2n) is 3.28. The second-order valence-corrected chi connectivity index (χ2v) is 3.28. The molecule has 0 spiro atoms. The summed E-state index contributed by atoms with van der Waals surface area (Å²) in [5.41, 5.74) is 2.57. The van der Waals surface area contributed by atoms with Gasteiger partial charge in [-0.1, -0.05) is 19.9 Å². The van der Waals surface area contributed by atoms with Gasteiger partial charge in [0.15, 0.2) is 5.69 Å². The lowest BCUT2D eigenvalue weighted by atomic mass is 10.1. The molecular weight excluding hydrogens is 190 g/mol. The molecule has 0 aliphatic heterocycles. The van der Waals surface area contributed by atoms with E-state index in [0.717, 1.165) is 24.0 Å². The van der Waals surface area contributed by atoms with Crippen molar-refractivity contribution in [1.29, 1.82) is 0 Å². The van der Waals surface area contributed by atoms with Crippen LogP contribution in [0.4, 0.5) is 0 Å². The van der Waals surface area contributed by atoms with Gasteiger partial charge in [0.1, 0.15) is 0 Å².